The normalized spacial score (nSPS) is 35.3. The predicted octanol–water partition coefficient (Wildman–Crippen LogP) is 1.44. The molecule has 0 amide bonds. The van der Waals surface area contributed by atoms with Gasteiger partial charge in [-0.2, -0.15) is 12.6 Å². The van der Waals surface area contributed by atoms with Crippen molar-refractivity contribution in [1.82, 2.24) is 4.90 Å². The molecule has 54 valence electrons. The van der Waals surface area contributed by atoms with Crippen LogP contribution in [-0.4, -0.2) is 31.6 Å². The maximum Gasteiger partial charge on any atom is 0.0653 e. The second-order valence-electron chi connectivity index (χ2n) is 3.76. The van der Waals surface area contributed by atoms with Crippen LogP contribution in [0.2, 0.25) is 19.1 Å². The van der Waals surface area contributed by atoms with Gasteiger partial charge in [0.15, 0.2) is 0 Å². The van der Waals surface area contributed by atoms with Gasteiger partial charge in [0, 0.05) is 5.37 Å². The quantitative estimate of drug-likeness (QED) is 0.415. The van der Waals surface area contributed by atoms with E-state index in [-0.39, 0.29) is 0 Å². The third kappa shape index (κ3) is 1.72. The van der Waals surface area contributed by atoms with E-state index in [1.54, 1.807) is 0 Å². The molecule has 0 N–H and O–H groups in total. The molecule has 9 heavy (non-hydrogen) atoms. The van der Waals surface area contributed by atoms with Gasteiger partial charge in [-0.25, -0.2) is 0 Å². The Morgan fingerprint density at radius 1 is 1.56 bits per heavy atom. The summed E-state index contributed by atoms with van der Waals surface area (Å²) in [5.74, 6) is 0. The van der Waals surface area contributed by atoms with E-state index < -0.39 is 8.07 Å². The Balaban J connectivity index is 2.54. The van der Waals surface area contributed by atoms with Crippen LogP contribution in [0.25, 0.3) is 0 Å². The molecular formula is C6H15NSSi. The van der Waals surface area contributed by atoms with Crippen molar-refractivity contribution in [2.75, 3.05) is 13.2 Å². The number of thiol groups is 1. The second kappa shape index (κ2) is 2.29. The van der Waals surface area contributed by atoms with E-state index >= 15 is 0 Å². The van der Waals surface area contributed by atoms with Gasteiger partial charge < -0.3 is 0 Å². The lowest BCUT2D eigenvalue weighted by molar-refractivity contribution is 0.407. The number of hydrogen-bond donors (Lipinski definition) is 1. The van der Waals surface area contributed by atoms with Crippen molar-refractivity contribution in [3.8, 4) is 0 Å². The van der Waals surface area contributed by atoms with Crippen molar-refractivity contribution in [1.29, 1.82) is 0 Å². The van der Waals surface area contributed by atoms with Crippen molar-refractivity contribution in [3.05, 3.63) is 0 Å². The van der Waals surface area contributed by atoms with Crippen LogP contribution >= 0.6 is 12.6 Å². The molecule has 1 atom stereocenters. The third-order valence-electron chi connectivity index (χ3n) is 1.92. The summed E-state index contributed by atoms with van der Waals surface area (Å²) in [4.78, 5) is 2.36. The molecule has 0 aromatic rings. The Labute approximate surface area is 63.9 Å². The Hall–Kier alpha value is 0.527. The Bertz CT molecular complexity index is 104. The SMILES string of the molecule is CN1C[Si](C)(C)CC1S. The smallest absolute Gasteiger partial charge is 0.0653 e. The van der Waals surface area contributed by atoms with Gasteiger partial charge in [0.25, 0.3) is 0 Å². The summed E-state index contributed by atoms with van der Waals surface area (Å²) in [7, 11) is 1.35. The van der Waals surface area contributed by atoms with Gasteiger partial charge in [-0.3, -0.25) is 4.90 Å². The zero-order valence-corrected chi connectivity index (χ0v) is 8.28. The lowest BCUT2D eigenvalue weighted by Gasteiger charge is -2.13. The van der Waals surface area contributed by atoms with Crippen LogP contribution in [0.3, 0.4) is 0 Å². The van der Waals surface area contributed by atoms with Gasteiger partial charge in [-0.05, 0) is 19.3 Å². The van der Waals surface area contributed by atoms with Crippen LogP contribution in [-0.2, 0) is 0 Å². The average molecular weight is 161 g/mol. The Morgan fingerprint density at radius 3 is 2.22 bits per heavy atom. The number of nitrogens with zero attached hydrogens (tertiary/aromatic N) is 1. The van der Waals surface area contributed by atoms with E-state index in [0.717, 1.165) is 0 Å². The van der Waals surface area contributed by atoms with E-state index in [4.69, 9.17) is 0 Å². The summed E-state index contributed by atoms with van der Waals surface area (Å²) in [5.41, 5.74) is 0. The third-order valence-corrected chi connectivity index (χ3v) is 5.69. The molecule has 0 aliphatic carbocycles. The fourth-order valence-corrected chi connectivity index (χ4v) is 6.21. The monoisotopic (exact) mass is 161 g/mol. The molecule has 1 aliphatic heterocycles. The maximum absolute atomic E-state index is 4.46. The molecule has 1 unspecified atom stereocenters. The van der Waals surface area contributed by atoms with E-state index in [2.05, 4.69) is 37.7 Å². The molecular weight excluding hydrogens is 146 g/mol. The van der Waals surface area contributed by atoms with Gasteiger partial charge in [0.1, 0.15) is 0 Å². The molecule has 0 aromatic heterocycles. The largest absolute Gasteiger partial charge is 0.298 e. The van der Waals surface area contributed by atoms with Crippen LogP contribution < -0.4 is 0 Å². The summed E-state index contributed by atoms with van der Waals surface area (Å²) >= 11 is 4.46. The van der Waals surface area contributed by atoms with Crippen molar-refractivity contribution in [2.45, 2.75) is 24.5 Å². The molecule has 1 saturated heterocycles. The number of rotatable bonds is 0. The van der Waals surface area contributed by atoms with Crippen LogP contribution in [0.5, 0.6) is 0 Å². The van der Waals surface area contributed by atoms with Crippen molar-refractivity contribution >= 4 is 20.7 Å². The lowest BCUT2D eigenvalue weighted by atomic mass is 10.7. The highest BCUT2D eigenvalue weighted by Crippen LogP contribution is 2.26. The topological polar surface area (TPSA) is 3.24 Å². The highest BCUT2D eigenvalue weighted by atomic mass is 32.1. The van der Waals surface area contributed by atoms with Crippen molar-refractivity contribution in [2.24, 2.45) is 0 Å². The zero-order chi connectivity index (χ0) is 7.07. The van der Waals surface area contributed by atoms with Crippen molar-refractivity contribution < 1.29 is 0 Å². The first-order chi connectivity index (χ1) is 4.01. The van der Waals surface area contributed by atoms with Gasteiger partial charge in [0.2, 0.25) is 0 Å². The fraction of sp³-hybridized carbons (Fsp3) is 1.00. The van der Waals surface area contributed by atoms with Gasteiger partial charge in [0.05, 0.1) is 8.07 Å². The Kier molecular flexibility index (Phi) is 1.94. The minimum atomic E-state index is -0.817. The predicted molar refractivity (Wildman–Crippen MR) is 47.7 cm³/mol. The van der Waals surface area contributed by atoms with Crippen LogP contribution in [0.1, 0.15) is 0 Å². The molecule has 1 nitrogen and oxygen atoms in total. The molecule has 1 aliphatic rings. The fourth-order valence-electron chi connectivity index (χ4n) is 1.50. The van der Waals surface area contributed by atoms with E-state index in [0.29, 0.717) is 5.37 Å². The van der Waals surface area contributed by atoms with Crippen LogP contribution in [0.4, 0.5) is 0 Å². The minimum absolute atomic E-state index is 0.548. The van der Waals surface area contributed by atoms with Crippen LogP contribution in [0, 0.1) is 0 Å². The molecule has 0 radical (unpaired) electrons. The average Bonchev–Trinajstić information content (AvgIpc) is 1.79. The molecule has 1 fully saturated rings. The van der Waals surface area contributed by atoms with E-state index in [1.807, 2.05) is 0 Å². The molecule has 1 heterocycles. The number of hydrogen-bond acceptors (Lipinski definition) is 2. The van der Waals surface area contributed by atoms with Gasteiger partial charge in [-0.15, -0.1) is 0 Å². The second-order valence-corrected chi connectivity index (χ2v) is 9.41. The summed E-state index contributed by atoms with van der Waals surface area (Å²) in [6.07, 6.45) is 1.32. The highest BCUT2D eigenvalue weighted by molar-refractivity contribution is 7.81. The molecule has 3 heteroatoms. The molecule has 0 spiro atoms. The standard InChI is InChI=1S/C6H15NSSi/c1-7-5-9(2,3)4-6(7)8/h6,8H,4-5H2,1-3H3. The summed E-state index contributed by atoms with van der Waals surface area (Å²) < 4.78 is 0. The summed E-state index contributed by atoms with van der Waals surface area (Å²) in [6, 6.07) is 1.35. The summed E-state index contributed by atoms with van der Waals surface area (Å²) in [5, 5.41) is 0.548. The maximum atomic E-state index is 4.46. The van der Waals surface area contributed by atoms with E-state index in [9.17, 15) is 0 Å². The molecule has 0 aromatic carbocycles. The highest BCUT2D eigenvalue weighted by Gasteiger charge is 2.34. The molecule has 0 bridgehead atoms. The Morgan fingerprint density at radius 2 is 2.11 bits per heavy atom. The molecule has 0 saturated carbocycles. The van der Waals surface area contributed by atoms with Gasteiger partial charge >= 0.3 is 0 Å². The zero-order valence-electron chi connectivity index (χ0n) is 6.39. The first kappa shape index (κ1) is 7.63. The first-order valence-electron chi connectivity index (χ1n) is 3.40. The lowest BCUT2D eigenvalue weighted by Crippen LogP contribution is -2.29. The van der Waals surface area contributed by atoms with E-state index in [1.165, 1.54) is 12.2 Å². The first-order valence-corrected chi connectivity index (χ1v) is 7.33. The summed E-state index contributed by atoms with van der Waals surface area (Å²) in [6.45, 7) is 4.86. The van der Waals surface area contributed by atoms with Crippen molar-refractivity contribution in [3.63, 3.8) is 0 Å². The minimum Gasteiger partial charge on any atom is -0.298 e. The van der Waals surface area contributed by atoms with Crippen LogP contribution in [0.15, 0.2) is 0 Å². The molecule has 1 rings (SSSR count). The van der Waals surface area contributed by atoms with Gasteiger partial charge in [-0.1, -0.05) is 13.1 Å².